The molecule has 1 amide bonds. The van der Waals surface area contributed by atoms with Gasteiger partial charge in [0.15, 0.2) is 0 Å². The van der Waals surface area contributed by atoms with Crippen LogP contribution < -0.4 is 10.6 Å². The number of nitrogens with zero attached hydrogens (tertiary/aromatic N) is 3. The zero-order chi connectivity index (χ0) is 14.8. The molecular formula is C15H13BrN4O. The van der Waals surface area contributed by atoms with Crippen LogP contribution in [0.1, 0.15) is 15.9 Å². The van der Waals surface area contributed by atoms with Crippen LogP contribution in [0.5, 0.6) is 0 Å². The second-order valence-corrected chi connectivity index (χ2v) is 5.62. The molecule has 1 aromatic carbocycles. The quantitative estimate of drug-likeness (QED) is 0.808. The number of carbonyl (C=O) groups is 1. The SMILES string of the molecule is Nc1ccc2c(c1)C=NCCN2C(=O)c1cncc(Br)c1. The van der Waals surface area contributed by atoms with Crippen molar-refractivity contribution in [1.29, 1.82) is 0 Å². The highest BCUT2D eigenvalue weighted by Gasteiger charge is 2.21. The van der Waals surface area contributed by atoms with Crippen molar-refractivity contribution in [2.45, 2.75) is 0 Å². The van der Waals surface area contributed by atoms with E-state index in [0.29, 0.717) is 24.3 Å². The number of hydrogen-bond acceptors (Lipinski definition) is 4. The molecule has 0 spiro atoms. The van der Waals surface area contributed by atoms with Crippen LogP contribution in [0.3, 0.4) is 0 Å². The predicted octanol–water partition coefficient (Wildman–Crippen LogP) is 2.51. The predicted molar refractivity (Wildman–Crippen MR) is 86.9 cm³/mol. The third-order valence-corrected chi connectivity index (χ3v) is 3.66. The van der Waals surface area contributed by atoms with Crippen LogP contribution in [0.25, 0.3) is 0 Å². The Labute approximate surface area is 130 Å². The van der Waals surface area contributed by atoms with Crippen molar-refractivity contribution in [3.05, 3.63) is 52.3 Å². The second-order valence-electron chi connectivity index (χ2n) is 4.70. The van der Waals surface area contributed by atoms with E-state index in [1.54, 1.807) is 35.6 Å². The minimum absolute atomic E-state index is 0.0969. The number of nitrogens with two attached hydrogens (primary N) is 1. The van der Waals surface area contributed by atoms with Crippen LogP contribution in [0.15, 0.2) is 46.1 Å². The number of aromatic nitrogens is 1. The van der Waals surface area contributed by atoms with Gasteiger partial charge in [-0.25, -0.2) is 0 Å². The van der Waals surface area contributed by atoms with E-state index in [1.807, 2.05) is 12.1 Å². The number of rotatable bonds is 1. The van der Waals surface area contributed by atoms with Gasteiger partial charge >= 0.3 is 0 Å². The maximum absolute atomic E-state index is 12.7. The summed E-state index contributed by atoms with van der Waals surface area (Å²) in [4.78, 5) is 22.8. The van der Waals surface area contributed by atoms with Gasteiger partial charge in [0, 0.05) is 40.9 Å². The molecule has 1 aliphatic heterocycles. The van der Waals surface area contributed by atoms with Crippen molar-refractivity contribution in [2.75, 3.05) is 23.7 Å². The lowest BCUT2D eigenvalue weighted by Crippen LogP contribution is -2.33. The molecule has 0 aliphatic carbocycles. The molecule has 0 fully saturated rings. The van der Waals surface area contributed by atoms with Gasteiger partial charge in [0.2, 0.25) is 0 Å². The normalized spacial score (nSPS) is 13.7. The highest BCUT2D eigenvalue weighted by molar-refractivity contribution is 9.10. The molecule has 0 saturated heterocycles. The lowest BCUT2D eigenvalue weighted by molar-refractivity contribution is 0.0987. The number of carbonyl (C=O) groups excluding carboxylic acids is 1. The van der Waals surface area contributed by atoms with Gasteiger partial charge in [-0.15, -0.1) is 0 Å². The summed E-state index contributed by atoms with van der Waals surface area (Å²) >= 11 is 3.34. The fourth-order valence-corrected chi connectivity index (χ4v) is 2.62. The molecule has 6 heteroatoms. The summed E-state index contributed by atoms with van der Waals surface area (Å²) in [6, 6.07) is 7.23. The fraction of sp³-hybridized carbons (Fsp3) is 0.133. The molecule has 0 radical (unpaired) electrons. The van der Waals surface area contributed by atoms with Crippen molar-refractivity contribution < 1.29 is 4.79 Å². The summed E-state index contributed by atoms with van der Waals surface area (Å²) in [5.74, 6) is -0.0969. The summed E-state index contributed by atoms with van der Waals surface area (Å²) in [5, 5.41) is 0. The summed E-state index contributed by atoms with van der Waals surface area (Å²) in [6.45, 7) is 1.08. The Hall–Kier alpha value is -2.21. The van der Waals surface area contributed by atoms with Gasteiger partial charge in [0.1, 0.15) is 0 Å². The van der Waals surface area contributed by atoms with Crippen molar-refractivity contribution in [3.8, 4) is 0 Å². The highest BCUT2D eigenvalue weighted by Crippen LogP contribution is 2.25. The van der Waals surface area contributed by atoms with Crippen molar-refractivity contribution in [2.24, 2.45) is 4.99 Å². The van der Waals surface area contributed by atoms with Crippen LogP contribution in [0.4, 0.5) is 11.4 Å². The monoisotopic (exact) mass is 344 g/mol. The molecule has 1 aliphatic rings. The van der Waals surface area contributed by atoms with E-state index < -0.39 is 0 Å². The first-order valence-electron chi connectivity index (χ1n) is 6.47. The first-order chi connectivity index (χ1) is 10.1. The Morgan fingerprint density at radius 3 is 2.95 bits per heavy atom. The van der Waals surface area contributed by atoms with E-state index >= 15 is 0 Å². The van der Waals surface area contributed by atoms with Crippen molar-refractivity contribution >= 4 is 39.4 Å². The number of benzene rings is 1. The van der Waals surface area contributed by atoms with Crippen LogP contribution in [0.2, 0.25) is 0 Å². The largest absolute Gasteiger partial charge is 0.399 e. The Morgan fingerprint density at radius 1 is 1.29 bits per heavy atom. The first kappa shape index (κ1) is 13.8. The van der Waals surface area contributed by atoms with E-state index in [0.717, 1.165) is 15.7 Å². The first-order valence-corrected chi connectivity index (χ1v) is 7.26. The number of amides is 1. The van der Waals surface area contributed by atoms with Gasteiger partial charge in [0.25, 0.3) is 5.91 Å². The zero-order valence-electron chi connectivity index (χ0n) is 11.2. The van der Waals surface area contributed by atoms with E-state index in [2.05, 4.69) is 25.9 Å². The molecule has 0 saturated carbocycles. The standard InChI is InChI=1S/C15H13BrN4O/c16-12-5-11(8-19-9-12)15(21)20-4-3-18-7-10-6-13(17)1-2-14(10)20/h1-2,5-9H,3-4,17H2. The molecule has 1 aromatic heterocycles. The van der Waals surface area contributed by atoms with Gasteiger partial charge < -0.3 is 10.6 Å². The number of aliphatic imine (C=N–C) groups is 1. The average molecular weight is 345 g/mol. The van der Waals surface area contributed by atoms with Gasteiger partial charge in [-0.3, -0.25) is 14.8 Å². The molecule has 21 heavy (non-hydrogen) atoms. The molecule has 2 aromatic rings. The van der Waals surface area contributed by atoms with Crippen LogP contribution in [-0.2, 0) is 0 Å². The lowest BCUT2D eigenvalue weighted by atomic mass is 10.1. The van der Waals surface area contributed by atoms with Crippen LogP contribution in [-0.4, -0.2) is 30.2 Å². The number of nitrogen functional groups attached to an aromatic ring is 1. The number of halogens is 1. The number of pyridine rings is 1. The smallest absolute Gasteiger partial charge is 0.259 e. The van der Waals surface area contributed by atoms with E-state index in [-0.39, 0.29) is 5.91 Å². The highest BCUT2D eigenvalue weighted by atomic mass is 79.9. The molecule has 0 bridgehead atoms. The van der Waals surface area contributed by atoms with Gasteiger partial charge in [-0.2, -0.15) is 0 Å². The molecule has 2 N–H and O–H groups in total. The summed E-state index contributed by atoms with van der Waals surface area (Å²) in [5.41, 5.74) is 8.66. The third kappa shape index (κ3) is 2.80. The molecule has 3 rings (SSSR count). The molecule has 2 heterocycles. The minimum Gasteiger partial charge on any atom is -0.399 e. The number of hydrogen-bond donors (Lipinski definition) is 1. The summed E-state index contributed by atoms with van der Waals surface area (Å²) in [6.07, 6.45) is 4.98. The average Bonchev–Trinajstić information content (AvgIpc) is 2.68. The van der Waals surface area contributed by atoms with E-state index in [9.17, 15) is 4.79 Å². The molecule has 5 nitrogen and oxygen atoms in total. The Kier molecular flexibility index (Phi) is 3.70. The Balaban J connectivity index is 2.02. The van der Waals surface area contributed by atoms with E-state index in [1.165, 1.54) is 0 Å². The summed E-state index contributed by atoms with van der Waals surface area (Å²) < 4.78 is 0.775. The molecular weight excluding hydrogens is 332 g/mol. The minimum atomic E-state index is -0.0969. The lowest BCUT2D eigenvalue weighted by Gasteiger charge is -2.22. The fourth-order valence-electron chi connectivity index (χ4n) is 2.26. The number of anilines is 2. The van der Waals surface area contributed by atoms with Gasteiger partial charge in [0.05, 0.1) is 17.8 Å². The third-order valence-electron chi connectivity index (χ3n) is 3.22. The van der Waals surface area contributed by atoms with Crippen LogP contribution in [0, 0.1) is 0 Å². The van der Waals surface area contributed by atoms with E-state index in [4.69, 9.17) is 5.73 Å². The topological polar surface area (TPSA) is 71.6 Å². The zero-order valence-corrected chi connectivity index (χ0v) is 12.7. The Morgan fingerprint density at radius 2 is 2.14 bits per heavy atom. The molecule has 0 atom stereocenters. The van der Waals surface area contributed by atoms with Crippen molar-refractivity contribution in [1.82, 2.24) is 4.98 Å². The maximum atomic E-state index is 12.7. The van der Waals surface area contributed by atoms with Gasteiger partial charge in [-0.1, -0.05) is 0 Å². The van der Waals surface area contributed by atoms with Gasteiger partial charge in [-0.05, 0) is 40.2 Å². The second kappa shape index (κ2) is 5.65. The van der Waals surface area contributed by atoms with Crippen LogP contribution >= 0.6 is 15.9 Å². The number of fused-ring (bicyclic) bond motifs is 1. The molecule has 106 valence electrons. The van der Waals surface area contributed by atoms with Crippen molar-refractivity contribution in [3.63, 3.8) is 0 Å². The summed E-state index contributed by atoms with van der Waals surface area (Å²) in [7, 11) is 0. The Bertz CT molecular complexity index is 729. The number of benzodiazepines with no additional fused rings is 1. The molecule has 0 unspecified atom stereocenters. The maximum Gasteiger partial charge on any atom is 0.259 e.